The summed E-state index contributed by atoms with van der Waals surface area (Å²) in [5.41, 5.74) is 2.84. The van der Waals surface area contributed by atoms with Gasteiger partial charge in [0.1, 0.15) is 23.4 Å². The van der Waals surface area contributed by atoms with Gasteiger partial charge in [0.2, 0.25) is 0 Å². The van der Waals surface area contributed by atoms with Crippen LogP contribution in [-0.4, -0.2) is 21.0 Å². The molecule has 0 unspecified atom stereocenters. The maximum atomic E-state index is 12.4. The molecule has 0 fully saturated rings. The zero-order valence-electron chi connectivity index (χ0n) is 12.5. The van der Waals surface area contributed by atoms with E-state index in [9.17, 15) is 4.79 Å². The molecule has 0 radical (unpaired) electrons. The maximum Gasteiger partial charge on any atom is 0.274 e. The third kappa shape index (κ3) is 3.22. The van der Waals surface area contributed by atoms with Crippen LogP contribution in [0.3, 0.4) is 0 Å². The number of rotatable bonds is 3. The number of nitrogens with zero attached hydrogens (tertiary/aromatic N) is 3. The molecule has 23 heavy (non-hydrogen) atoms. The molecular weight excluding hydrogens is 316 g/mol. The third-order valence-electron chi connectivity index (χ3n) is 3.29. The number of aryl methyl sites for hydroxylation is 2. The fourth-order valence-electron chi connectivity index (χ4n) is 2.13. The maximum absolute atomic E-state index is 12.4. The number of carbonyl (C=O) groups is 1. The second-order valence-corrected chi connectivity index (χ2v) is 5.39. The standard InChI is InChI=1S/C16H13ClN4O2/c1-9-15(10(2)23-21-9)20-16(22)14-7-13(18-8-19-14)11-4-3-5-12(17)6-11/h3-8H,1-2H3,(H,20,22). The Kier molecular flexibility index (Phi) is 4.08. The molecule has 2 heterocycles. The van der Waals surface area contributed by atoms with Crippen LogP contribution in [0.1, 0.15) is 21.9 Å². The number of halogens is 1. The van der Waals surface area contributed by atoms with Gasteiger partial charge in [-0.25, -0.2) is 9.97 Å². The van der Waals surface area contributed by atoms with Crippen molar-refractivity contribution in [2.45, 2.75) is 13.8 Å². The second-order valence-electron chi connectivity index (χ2n) is 4.95. The van der Waals surface area contributed by atoms with E-state index in [0.29, 0.717) is 27.9 Å². The van der Waals surface area contributed by atoms with Crippen LogP contribution < -0.4 is 5.32 Å². The molecule has 3 rings (SSSR count). The lowest BCUT2D eigenvalue weighted by molar-refractivity contribution is 0.102. The van der Waals surface area contributed by atoms with Crippen LogP contribution in [0.5, 0.6) is 0 Å². The van der Waals surface area contributed by atoms with Crippen LogP contribution in [0.4, 0.5) is 5.69 Å². The summed E-state index contributed by atoms with van der Waals surface area (Å²) in [4.78, 5) is 20.6. The third-order valence-corrected chi connectivity index (χ3v) is 3.53. The van der Waals surface area contributed by atoms with Gasteiger partial charge in [0.05, 0.1) is 5.69 Å². The molecule has 0 bridgehead atoms. The summed E-state index contributed by atoms with van der Waals surface area (Å²) in [5, 5.41) is 7.15. The average Bonchev–Trinajstić information content (AvgIpc) is 2.87. The summed E-state index contributed by atoms with van der Waals surface area (Å²) in [6.45, 7) is 3.48. The zero-order chi connectivity index (χ0) is 16.4. The van der Waals surface area contributed by atoms with E-state index in [4.69, 9.17) is 16.1 Å². The summed E-state index contributed by atoms with van der Waals surface area (Å²) < 4.78 is 5.03. The predicted octanol–water partition coefficient (Wildman–Crippen LogP) is 3.65. The van der Waals surface area contributed by atoms with Crippen molar-refractivity contribution in [2.75, 3.05) is 5.32 Å². The summed E-state index contributed by atoms with van der Waals surface area (Å²) in [6, 6.07) is 8.85. The van der Waals surface area contributed by atoms with Gasteiger partial charge in [-0.3, -0.25) is 4.79 Å². The van der Waals surface area contributed by atoms with Gasteiger partial charge in [0, 0.05) is 10.6 Å². The Hall–Kier alpha value is -2.73. The van der Waals surface area contributed by atoms with Crippen LogP contribution in [0.25, 0.3) is 11.3 Å². The van der Waals surface area contributed by atoms with Crippen molar-refractivity contribution < 1.29 is 9.32 Å². The van der Waals surface area contributed by atoms with E-state index in [0.717, 1.165) is 5.56 Å². The number of benzene rings is 1. The highest BCUT2D eigenvalue weighted by Gasteiger charge is 2.15. The highest BCUT2D eigenvalue weighted by atomic mass is 35.5. The number of aromatic nitrogens is 3. The zero-order valence-corrected chi connectivity index (χ0v) is 13.3. The number of nitrogens with one attached hydrogen (secondary N) is 1. The van der Waals surface area contributed by atoms with E-state index in [1.54, 1.807) is 32.0 Å². The minimum Gasteiger partial charge on any atom is -0.359 e. The molecule has 7 heteroatoms. The summed E-state index contributed by atoms with van der Waals surface area (Å²) in [7, 11) is 0. The second kappa shape index (κ2) is 6.18. The molecule has 0 saturated heterocycles. The van der Waals surface area contributed by atoms with E-state index in [-0.39, 0.29) is 11.6 Å². The molecule has 0 spiro atoms. The molecule has 0 aliphatic carbocycles. The molecule has 2 aromatic heterocycles. The number of anilines is 1. The topological polar surface area (TPSA) is 80.9 Å². The van der Waals surface area contributed by atoms with Gasteiger partial charge in [0.25, 0.3) is 5.91 Å². The Balaban J connectivity index is 1.89. The highest BCUT2D eigenvalue weighted by molar-refractivity contribution is 6.30. The number of hydrogen-bond acceptors (Lipinski definition) is 5. The molecule has 0 aliphatic rings. The molecule has 6 nitrogen and oxygen atoms in total. The van der Waals surface area contributed by atoms with Crippen molar-refractivity contribution in [1.82, 2.24) is 15.1 Å². The van der Waals surface area contributed by atoms with Gasteiger partial charge >= 0.3 is 0 Å². The summed E-state index contributed by atoms with van der Waals surface area (Å²) >= 11 is 5.99. The summed E-state index contributed by atoms with van der Waals surface area (Å²) in [6.07, 6.45) is 1.35. The summed E-state index contributed by atoms with van der Waals surface area (Å²) in [5.74, 6) is 0.185. The van der Waals surface area contributed by atoms with Crippen molar-refractivity contribution in [3.63, 3.8) is 0 Å². The molecule has 3 aromatic rings. The van der Waals surface area contributed by atoms with Crippen LogP contribution in [0.2, 0.25) is 5.02 Å². The quantitative estimate of drug-likeness (QED) is 0.793. The van der Waals surface area contributed by atoms with E-state index in [2.05, 4.69) is 20.4 Å². The lowest BCUT2D eigenvalue weighted by atomic mass is 10.1. The lowest BCUT2D eigenvalue weighted by Gasteiger charge is -2.06. The first-order valence-corrected chi connectivity index (χ1v) is 7.24. The Bertz CT molecular complexity index is 857. The van der Waals surface area contributed by atoms with Gasteiger partial charge in [-0.15, -0.1) is 0 Å². The molecule has 116 valence electrons. The first-order chi connectivity index (χ1) is 11.0. The SMILES string of the molecule is Cc1noc(C)c1NC(=O)c1cc(-c2cccc(Cl)c2)ncn1. The van der Waals surface area contributed by atoms with Crippen molar-refractivity contribution >= 4 is 23.2 Å². The molecule has 1 N–H and O–H groups in total. The van der Waals surface area contributed by atoms with Gasteiger partial charge in [0.15, 0.2) is 5.76 Å². The fourth-order valence-corrected chi connectivity index (χ4v) is 2.32. The van der Waals surface area contributed by atoms with E-state index < -0.39 is 0 Å². The molecule has 0 aliphatic heterocycles. The smallest absolute Gasteiger partial charge is 0.274 e. The van der Waals surface area contributed by atoms with E-state index in [1.807, 2.05) is 12.1 Å². The number of carbonyl (C=O) groups excluding carboxylic acids is 1. The first-order valence-electron chi connectivity index (χ1n) is 6.87. The highest BCUT2D eigenvalue weighted by Crippen LogP contribution is 2.22. The Labute approximate surface area is 137 Å². The van der Waals surface area contributed by atoms with E-state index >= 15 is 0 Å². The minimum atomic E-state index is -0.356. The van der Waals surface area contributed by atoms with Crippen LogP contribution >= 0.6 is 11.6 Å². The molecule has 0 saturated carbocycles. The van der Waals surface area contributed by atoms with Gasteiger partial charge in [-0.2, -0.15) is 0 Å². The van der Waals surface area contributed by atoms with Crippen molar-refractivity contribution in [1.29, 1.82) is 0 Å². The molecule has 0 atom stereocenters. The Morgan fingerprint density at radius 1 is 1.22 bits per heavy atom. The van der Waals surface area contributed by atoms with Crippen molar-refractivity contribution in [2.24, 2.45) is 0 Å². The number of hydrogen-bond donors (Lipinski definition) is 1. The first kappa shape index (κ1) is 15.2. The van der Waals surface area contributed by atoms with Gasteiger partial charge in [-0.1, -0.05) is 28.9 Å². The number of amides is 1. The molecule has 1 aromatic carbocycles. The van der Waals surface area contributed by atoms with Crippen LogP contribution in [0.15, 0.2) is 41.2 Å². The fraction of sp³-hybridized carbons (Fsp3) is 0.125. The monoisotopic (exact) mass is 328 g/mol. The minimum absolute atomic E-state index is 0.245. The van der Waals surface area contributed by atoms with Crippen LogP contribution in [0, 0.1) is 13.8 Å². The normalized spacial score (nSPS) is 10.6. The van der Waals surface area contributed by atoms with Crippen molar-refractivity contribution in [3.05, 3.63) is 58.8 Å². The average molecular weight is 329 g/mol. The predicted molar refractivity (Wildman–Crippen MR) is 86.4 cm³/mol. The lowest BCUT2D eigenvalue weighted by Crippen LogP contribution is -2.15. The van der Waals surface area contributed by atoms with Gasteiger partial charge in [-0.05, 0) is 32.0 Å². The van der Waals surface area contributed by atoms with Crippen LogP contribution in [-0.2, 0) is 0 Å². The molecule has 1 amide bonds. The Morgan fingerprint density at radius 3 is 2.74 bits per heavy atom. The van der Waals surface area contributed by atoms with Crippen molar-refractivity contribution in [3.8, 4) is 11.3 Å². The van der Waals surface area contributed by atoms with Gasteiger partial charge < -0.3 is 9.84 Å². The largest absolute Gasteiger partial charge is 0.359 e. The van der Waals surface area contributed by atoms with E-state index in [1.165, 1.54) is 6.33 Å². The Morgan fingerprint density at radius 2 is 2.04 bits per heavy atom. The molecular formula is C16H13ClN4O2.